The second-order valence-corrected chi connectivity index (χ2v) is 7.80. The van der Waals surface area contributed by atoms with Gasteiger partial charge in [0.1, 0.15) is 12.4 Å². The van der Waals surface area contributed by atoms with Crippen LogP contribution in [0, 0.1) is 5.82 Å². The number of hydrogen-bond acceptors (Lipinski definition) is 5. The Kier molecular flexibility index (Phi) is 5.89. The second-order valence-electron chi connectivity index (χ2n) is 7.80. The quantitative estimate of drug-likeness (QED) is 0.594. The van der Waals surface area contributed by atoms with E-state index in [1.165, 1.54) is 25.2 Å². The van der Waals surface area contributed by atoms with E-state index in [1.807, 2.05) is 0 Å². The summed E-state index contributed by atoms with van der Waals surface area (Å²) < 4.78 is 74.7. The predicted octanol–water partition coefficient (Wildman–Crippen LogP) is 3.98. The number of ether oxygens (including phenoxy) is 2. The number of halogens is 5. The lowest BCUT2D eigenvalue weighted by atomic mass is 9.81. The molecule has 2 aromatic carbocycles. The summed E-state index contributed by atoms with van der Waals surface area (Å²) in [6.45, 7) is -4.07. The topological polar surface area (TPSA) is 77.2 Å². The smallest absolute Gasteiger partial charge is 0.387 e. The first-order chi connectivity index (χ1) is 15.6. The summed E-state index contributed by atoms with van der Waals surface area (Å²) >= 11 is 0. The molecule has 4 rings (SSSR count). The number of nitrogens with zero attached hydrogens (tertiary/aromatic N) is 2. The Morgan fingerprint density at radius 3 is 2.36 bits per heavy atom. The average Bonchev–Trinajstić information content (AvgIpc) is 3.58. The molecule has 1 saturated carbocycles. The zero-order valence-electron chi connectivity index (χ0n) is 17.4. The van der Waals surface area contributed by atoms with Crippen LogP contribution in [0.25, 0.3) is 0 Å². The van der Waals surface area contributed by atoms with Crippen LogP contribution in [0.5, 0.6) is 11.5 Å². The van der Waals surface area contributed by atoms with Crippen molar-refractivity contribution in [2.45, 2.75) is 37.3 Å². The van der Waals surface area contributed by atoms with Crippen molar-refractivity contribution >= 4 is 11.9 Å². The minimum absolute atomic E-state index is 0.0118. The molecule has 11 heteroatoms. The molecular formula is C22H20F5N3O3. The Labute approximate surface area is 185 Å². The summed E-state index contributed by atoms with van der Waals surface area (Å²) in [6.07, 6.45) is -1.31. The highest BCUT2D eigenvalue weighted by Gasteiger charge is 2.50. The lowest BCUT2D eigenvalue weighted by molar-refractivity contribution is -0.129. The minimum Gasteiger partial charge on any atom is -0.485 e. The van der Waals surface area contributed by atoms with Gasteiger partial charge in [-0.3, -0.25) is 9.69 Å². The Morgan fingerprint density at radius 2 is 1.79 bits per heavy atom. The molecule has 33 heavy (non-hydrogen) atoms. The molecule has 0 saturated heterocycles. The van der Waals surface area contributed by atoms with Crippen LogP contribution in [-0.4, -0.2) is 43.5 Å². The highest BCUT2D eigenvalue weighted by Crippen LogP contribution is 2.48. The second kappa shape index (κ2) is 8.53. The summed E-state index contributed by atoms with van der Waals surface area (Å²) in [5, 5.41) is 0. The van der Waals surface area contributed by atoms with Gasteiger partial charge in [0.15, 0.2) is 23.1 Å². The van der Waals surface area contributed by atoms with Gasteiger partial charge in [-0.15, -0.1) is 0 Å². The van der Waals surface area contributed by atoms with Crippen molar-refractivity contribution < 1.29 is 36.2 Å². The van der Waals surface area contributed by atoms with E-state index in [9.17, 15) is 26.7 Å². The monoisotopic (exact) mass is 469 g/mol. The summed E-state index contributed by atoms with van der Waals surface area (Å²) in [6, 6.07) is 7.65. The van der Waals surface area contributed by atoms with Crippen molar-refractivity contribution in [2.24, 2.45) is 10.7 Å². The molecule has 1 atom stereocenters. The van der Waals surface area contributed by atoms with E-state index in [0.717, 1.165) is 29.9 Å². The van der Waals surface area contributed by atoms with Gasteiger partial charge in [0.25, 0.3) is 12.3 Å². The van der Waals surface area contributed by atoms with Gasteiger partial charge < -0.3 is 15.2 Å². The molecule has 2 aliphatic rings. The number of alkyl halides is 4. The standard InChI is InChI=1S/C22H20F5N3O3/c1-30-19(31)22(29-21(30)28,13-4-6-15(23)17(9-13)32-10-18(24)25)12-5-7-16(33-20(26)27)14(8-12)11-2-3-11/h4-9,11,18,20H,2-3,10H2,1H3,(H2,28,29). The van der Waals surface area contributed by atoms with Gasteiger partial charge >= 0.3 is 6.61 Å². The van der Waals surface area contributed by atoms with Crippen molar-refractivity contribution in [1.29, 1.82) is 0 Å². The molecular weight excluding hydrogens is 449 g/mol. The fourth-order valence-electron chi connectivity index (χ4n) is 3.87. The van der Waals surface area contributed by atoms with E-state index in [1.54, 1.807) is 6.07 Å². The molecule has 2 N–H and O–H groups in total. The summed E-state index contributed by atoms with van der Waals surface area (Å²) in [5.74, 6) is -2.13. The number of likely N-dealkylation sites (N-methyl/N-ethyl adjacent to an activating group) is 1. The molecule has 1 amide bonds. The number of carbonyl (C=O) groups is 1. The fourth-order valence-corrected chi connectivity index (χ4v) is 3.87. The van der Waals surface area contributed by atoms with Crippen molar-refractivity contribution in [3.8, 4) is 11.5 Å². The molecule has 1 heterocycles. The maximum absolute atomic E-state index is 14.2. The Bertz CT molecular complexity index is 1110. The van der Waals surface area contributed by atoms with Crippen LogP contribution in [0.3, 0.4) is 0 Å². The van der Waals surface area contributed by atoms with Crippen molar-refractivity contribution in [3.05, 3.63) is 58.9 Å². The number of hydrogen-bond donors (Lipinski definition) is 1. The number of aliphatic imine (C=N–C) groups is 1. The van der Waals surface area contributed by atoms with Crippen LogP contribution >= 0.6 is 0 Å². The van der Waals surface area contributed by atoms with Crippen molar-refractivity contribution in [3.63, 3.8) is 0 Å². The highest BCUT2D eigenvalue weighted by atomic mass is 19.3. The zero-order chi connectivity index (χ0) is 23.9. The number of nitrogens with two attached hydrogens (primary N) is 1. The van der Waals surface area contributed by atoms with Gasteiger partial charge in [-0.1, -0.05) is 12.1 Å². The third-order valence-corrected chi connectivity index (χ3v) is 5.61. The number of benzene rings is 2. The maximum Gasteiger partial charge on any atom is 0.387 e. The van der Waals surface area contributed by atoms with Crippen molar-refractivity contribution in [1.82, 2.24) is 4.90 Å². The lowest BCUT2D eigenvalue weighted by Crippen LogP contribution is -2.41. The van der Waals surface area contributed by atoms with Crippen molar-refractivity contribution in [2.75, 3.05) is 13.7 Å². The summed E-state index contributed by atoms with van der Waals surface area (Å²) in [4.78, 5) is 18.8. The minimum atomic E-state index is -3.03. The third-order valence-electron chi connectivity index (χ3n) is 5.61. The molecule has 0 aromatic heterocycles. The van der Waals surface area contributed by atoms with Crippen LogP contribution in [0.4, 0.5) is 22.0 Å². The Hall–Kier alpha value is -3.37. The van der Waals surface area contributed by atoms with Crippen LogP contribution in [0.15, 0.2) is 41.4 Å². The van der Waals surface area contributed by atoms with Gasteiger partial charge in [0.05, 0.1) is 0 Å². The van der Waals surface area contributed by atoms with E-state index in [2.05, 4.69) is 9.73 Å². The van der Waals surface area contributed by atoms with Gasteiger partial charge in [0.2, 0.25) is 0 Å². The molecule has 6 nitrogen and oxygen atoms in total. The normalized spacial score (nSPS) is 20.5. The number of carbonyl (C=O) groups excluding carboxylic acids is 1. The molecule has 1 fully saturated rings. The van der Waals surface area contributed by atoms with Crippen LogP contribution < -0.4 is 15.2 Å². The Balaban J connectivity index is 1.87. The molecule has 1 aliphatic heterocycles. The van der Waals surface area contributed by atoms with Crippen LogP contribution in [0.2, 0.25) is 0 Å². The van der Waals surface area contributed by atoms with Crippen LogP contribution in [-0.2, 0) is 10.3 Å². The molecule has 0 radical (unpaired) electrons. The first-order valence-corrected chi connectivity index (χ1v) is 10.1. The molecule has 0 spiro atoms. The average molecular weight is 469 g/mol. The Morgan fingerprint density at radius 1 is 1.12 bits per heavy atom. The van der Waals surface area contributed by atoms with Gasteiger partial charge in [-0.05, 0) is 59.7 Å². The van der Waals surface area contributed by atoms with E-state index in [4.69, 9.17) is 10.5 Å². The number of amides is 1. The summed E-state index contributed by atoms with van der Waals surface area (Å²) in [7, 11) is 1.40. The first-order valence-electron chi connectivity index (χ1n) is 10.1. The van der Waals surface area contributed by atoms with E-state index in [0.29, 0.717) is 5.56 Å². The highest BCUT2D eigenvalue weighted by molar-refractivity contribution is 6.09. The number of guanidine groups is 1. The molecule has 176 valence electrons. The predicted molar refractivity (Wildman–Crippen MR) is 108 cm³/mol. The molecule has 0 bridgehead atoms. The van der Waals surface area contributed by atoms with Crippen LogP contribution in [0.1, 0.15) is 35.4 Å². The third kappa shape index (κ3) is 4.19. The lowest BCUT2D eigenvalue weighted by Gasteiger charge is -2.27. The molecule has 1 unspecified atom stereocenters. The largest absolute Gasteiger partial charge is 0.485 e. The van der Waals surface area contributed by atoms with Gasteiger partial charge in [-0.25, -0.2) is 18.2 Å². The first kappa shape index (κ1) is 22.8. The molecule has 2 aromatic rings. The van der Waals surface area contributed by atoms with Gasteiger partial charge in [0, 0.05) is 7.05 Å². The number of rotatable bonds is 8. The molecule has 1 aliphatic carbocycles. The maximum atomic E-state index is 14.2. The zero-order valence-corrected chi connectivity index (χ0v) is 17.4. The fraction of sp³-hybridized carbons (Fsp3) is 0.364. The van der Waals surface area contributed by atoms with E-state index < -0.39 is 42.7 Å². The summed E-state index contributed by atoms with van der Waals surface area (Å²) in [5.41, 5.74) is 5.02. The van der Waals surface area contributed by atoms with E-state index in [-0.39, 0.29) is 28.8 Å². The van der Waals surface area contributed by atoms with E-state index >= 15 is 0 Å². The SMILES string of the molecule is CN1C(=O)C(c2ccc(F)c(OCC(F)F)c2)(c2ccc(OC(F)F)c(C3CC3)c2)N=C1N. The van der Waals surface area contributed by atoms with Gasteiger partial charge in [-0.2, -0.15) is 8.78 Å².